The van der Waals surface area contributed by atoms with Crippen LogP contribution in [0.25, 0.3) is 0 Å². The Kier molecular flexibility index (Phi) is 6.35. The largest absolute Gasteiger partial charge is 0.444 e. The van der Waals surface area contributed by atoms with Crippen LogP contribution >= 0.6 is 15.9 Å². The molecule has 2 aliphatic rings. The summed E-state index contributed by atoms with van der Waals surface area (Å²) in [5.41, 5.74) is 1.32. The van der Waals surface area contributed by atoms with Crippen LogP contribution in [0.5, 0.6) is 0 Å². The van der Waals surface area contributed by atoms with E-state index in [0.29, 0.717) is 43.0 Å². The van der Waals surface area contributed by atoms with Gasteiger partial charge in [0, 0.05) is 26.7 Å². The molecule has 9 nitrogen and oxygen atoms in total. The van der Waals surface area contributed by atoms with E-state index in [2.05, 4.69) is 25.8 Å². The number of amides is 2. The average molecular weight is 471 g/mol. The maximum absolute atomic E-state index is 12.5. The smallest absolute Gasteiger partial charge is 0.410 e. The van der Waals surface area contributed by atoms with Crippen LogP contribution in [-0.2, 0) is 20.9 Å². The van der Waals surface area contributed by atoms with Crippen molar-refractivity contribution in [2.24, 2.45) is 0 Å². The van der Waals surface area contributed by atoms with Crippen LogP contribution in [0.3, 0.4) is 0 Å². The number of rotatable bonds is 2. The number of hydroxylamine groups is 2. The molecular weight excluding hydrogens is 444 g/mol. The van der Waals surface area contributed by atoms with Crippen molar-refractivity contribution in [3.05, 3.63) is 21.9 Å². The Morgan fingerprint density at radius 3 is 2.72 bits per heavy atom. The van der Waals surface area contributed by atoms with Crippen LogP contribution in [0.2, 0.25) is 0 Å². The quantitative estimate of drug-likeness (QED) is 0.613. The monoisotopic (exact) mass is 470 g/mol. The van der Waals surface area contributed by atoms with Gasteiger partial charge in [0.2, 0.25) is 0 Å². The minimum atomic E-state index is -0.534. The van der Waals surface area contributed by atoms with Gasteiger partial charge in [-0.15, -0.1) is 0 Å². The fraction of sp³-hybridized carbons (Fsp3) is 0.632. The van der Waals surface area contributed by atoms with Gasteiger partial charge in [-0.2, -0.15) is 0 Å². The minimum Gasteiger partial charge on any atom is -0.444 e. The summed E-state index contributed by atoms with van der Waals surface area (Å²) >= 11 is 3.47. The second-order valence-electron chi connectivity index (χ2n) is 8.06. The lowest BCUT2D eigenvalue weighted by Crippen LogP contribution is -2.57. The Morgan fingerprint density at radius 1 is 1.34 bits per heavy atom. The Morgan fingerprint density at radius 2 is 2.07 bits per heavy atom. The first-order valence-electron chi connectivity index (χ1n) is 9.44. The molecule has 2 aliphatic heterocycles. The maximum atomic E-state index is 12.5. The molecule has 3 heterocycles. The van der Waals surface area contributed by atoms with E-state index in [-0.39, 0.29) is 23.7 Å². The highest BCUT2D eigenvalue weighted by atomic mass is 79.9. The number of carbonyl (C=O) groups excluding carboxylic acids is 2. The number of piperazine rings is 1. The summed E-state index contributed by atoms with van der Waals surface area (Å²) in [5.74, 6) is -0.349. The normalized spacial score (nSPS) is 19.2. The molecule has 1 fully saturated rings. The summed E-state index contributed by atoms with van der Waals surface area (Å²) in [5, 5.41) is 1.12. The number of carbonyl (C=O) groups is 2. The van der Waals surface area contributed by atoms with Gasteiger partial charge in [0.1, 0.15) is 11.3 Å². The van der Waals surface area contributed by atoms with Gasteiger partial charge in [-0.25, -0.2) is 14.8 Å². The van der Waals surface area contributed by atoms with Gasteiger partial charge in [0.15, 0.2) is 0 Å². The first-order chi connectivity index (χ1) is 13.6. The zero-order valence-corrected chi connectivity index (χ0v) is 19.0. The van der Waals surface area contributed by atoms with Crippen LogP contribution in [-0.4, -0.2) is 79.0 Å². The zero-order valence-electron chi connectivity index (χ0n) is 17.4. The van der Waals surface area contributed by atoms with E-state index in [9.17, 15) is 9.59 Å². The standard InChI is InChI=1S/C19H27BrN4O5/c1-19(2,3)29-18(26)23-6-7-24-12(9-23)10-28-11-14-15(24)8-13(20)16(21-14)17(25)22(4)27-5/h8,12H,6-7,9-11H2,1-5H3/t12-/m0/s1. The van der Waals surface area contributed by atoms with Gasteiger partial charge in [-0.1, -0.05) is 0 Å². The van der Waals surface area contributed by atoms with Gasteiger partial charge in [-0.3, -0.25) is 9.63 Å². The Bertz CT molecular complexity index is 798. The van der Waals surface area contributed by atoms with E-state index in [1.165, 1.54) is 14.2 Å². The molecule has 0 aliphatic carbocycles. The van der Waals surface area contributed by atoms with Gasteiger partial charge >= 0.3 is 6.09 Å². The topological polar surface area (TPSA) is 84.4 Å². The van der Waals surface area contributed by atoms with E-state index in [0.717, 1.165) is 10.8 Å². The number of aromatic nitrogens is 1. The van der Waals surface area contributed by atoms with E-state index in [4.69, 9.17) is 14.3 Å². The Hall–Kier alpha value is -1.91. The molecule has 0 spiro atoms. The van der Waals surface area contributed by atoms with E-state index in [1.54, 1.807) is 4.90 Å². The molecular formula is C19H27BrN4O5. The number of hydrogen-bond acceptors (Lipinski definition) is 7. The van der Waals surface area contributed by atoms with Crippen molar-refractivity contribution in [1.29, 1.82) is 0 Å². The molecule has 1 aromatic heterocycles. The first kappa shape index (κ1) is 21.8. The number of ether oxygens (including phenoxy) is 2. The zero-order chi connectivity index (χ0) is 21.3. The number of fused-ring (bicyclic) bond motifs is 3. The number of pyridine rings is 1. The van der Waals surface area contributed by atoms with Gasteiger partial charge in [-0.05, 0) is 42.8 Å². The molecule has 1 atom stereocenters. The average Bonchev–Trinajstić information content (AvgIpc) is 2.83. The number of halogens is 1. The third-order valence-corrected chi connectivity index (χ3v) is 5.39. The van der Waals surface area contributed by atoms with Gasteiger partial charge in [0.05, 0.1) is 42.2 Å². The molecule has 2 amide bonds. The lowest BCUT2D eigenvalue weighted by Gasteiger charge is -2.42. The maximum Gasteiger partial charge on any atom is 0.410 e. The summed E-state index contributed by atoms with van der Waals surface area (Å²) in [6.07, 6.45) is -0.315. The first-order valence-corrected chi connectivity index (χ1v) is 10.2. The fourth-order valence-corrected chi connectivity index (χ4v) is 3.83. The van der Waals surface area contributed by atoms with Gasteiger partial charge < -0.3 is 19.3 Å². The SMILES string of the molecule is CON(C)C(=O)c1nc2c(cc1Br)N1CCN(C(=O)OC(C)(C)C)C[C@H]1COC2. The summed E-state index contributed by atoms with van der Waals surface area (Å²) in [7, 11) is 2.96. The molecule has 160 valence electrons. The second kappa shape index (κ2) is 8.45. The Labute approximate surface area is 179 Å². The molecule has 0 radical (unpaired) electrons. The van der Waals surface area contributed by atoms with Crippen LogP contribution in [0.15, 0.2) is 10.5 Å². The molecule has 0 saturated carbocycles. The predicted molar refractivity (Wildman–Crippen MR) is 110 cm³/mol. The summed E-state index contributed by atoms with van der Waals surface area (Å²) in [6.45, 7) is 7.97. The molecule has 0 unspecified atom stereocenters. The van der Waals surface area contributed by atoms with Gasteiger partial charge in [0.25, 0.3) is 5.91 Å². The van der Waals surface area contributed by atoms with E-state index < -0.39 is 5.60 Å². The van der Waals surface area contributed by atoms with Crippen molar-refractivity contribution < 1.29 is 23.9 Å². The minimum absolute atomic E-state index is 0.0191. The van der Waals surface area contributed by atoms with Crippen molar-refractivity contribution >= 4 is 33.6 Å². The molecule has 1 aromatic rings. The second-order valence-corrected chi connectivity index (χ2v) is 8.91. The van der Waals surface area contributed by atoms with E-state index >= 15 is 0 Å². The van der Waals surface area contributed by atoms with Crippen LogP contribution in [0, 0.1) is 0 Å². The molecule has 0 N–H and O–H groups in total. The van der Waals surface area contributed by atoms with E-state index in [1.807, 2.05) is 26.8 Å². The van der Waals surface area contributed by atoms with Crippen molar-refractivity contribution in [3.8, 4) is 0 Å². The predicted octanol–water partition coefficient (Wildman–Crippen LogP) is 2.43. The third-order valence-electron chi connectivity index (χ3n) is 4.79. The van der Waals surface area contributed by atoms with Crippen LogP contribution in [0.1, 0.15) is 37.0 Å². The lowest BCUT2D eigenvalue weighted by molar-refractivity contribution is -0.0761. The highest BCUT2D eigenvalue weighted by Crippen LogP contribution is 2.32. The fourth-order valence-electron chi connectivity index (χ4n) is 3.35. The Balaban J connectivity index is 1.82. The van der Waals surface area contributed by atoms with Crippen molar-refractivity contribution in [1.82, 2.24) is 14.9 Å². The number of nitrogens with zero attached hydrogens (tertiary/aromatic N) is 4. The van der Waals surface area contributed by atoms with Crippen molar-refractivity contribution in [3.63, 3.8) is 0 Å². The summed E-state index contributed by atoms with van der Waals surface area (Å²) in [6, 6.07) is 1.87. The highest BCUT2D eigenvalue weighted by Gasteiger charge is 2.35. The van der Waals surface area contributed by atoms with Crippen LogP contribution in [0.4, 0.5) is 10.5 Å². The number of hydrogen-bond donors (Lipinski definition) is 0. The summed E-state index contributed by atoms with van der Waals surface area (Å²) in [4.78, 5) is 38.4. The number of anilines is 1. The van der Waals surface area contributed by atoms with Crippen molar-refractivity contribution in [2.45, 2.75) is 39.0 Å². The summed E-state index contributed by atoms with van der Waals surface area (Å²) < 4.78 is 11.9. The molecule has 0 aromatic carbocycles. The highest BCUT2D eigenvalue weighted by molar-refractivity contribution is 9.10. The third kappa shape index (κ3) is 4.81. The molecule has 29 heavy (non-hydrogen) atoms. The molecule has 0 bridgehead atoms. The lowest BCUT2D eigenvalue weighted by atomic mass is 10.1. The molecule has 1 saturated heterocycles. The van der Waals surface area contributed by atoms with Crippen molar-refractivity contribution in [2.75, 3.05) is 45.3 Å². The molecule has 10 heteroatoms. The molecule has 3 rings (SSSR count). The van der Waals surface area contributed by atoms with Crippen LogP contribution < -0.4 is 4.90 Å².